The molecule has 2 N–H and O–H groups in total. The molecule has 1 atom stereocenters. The second kappa shape index (κ2) is 4.93. The summed E-state index contributed by atoms with van der Waals surface area (Å²) in [6.45, 7) is 8.09. The highest BCUT2D eigenvalue weighted by Crippen LogP contribution is 2.19. The van der Waals surface area contributed by atoms with E-state index in [2.05, 4.69) is 0 Å². The van der Waals surface area contributed by atoms with Gasteiger partial charge in [0.1, 0.15) is 5.82 Å². The van der Waals surface area contributed by atoms with Gasteiger partial charge in [-0.2, -0.15) is 0 Å². The number of halogens is 1. The second-order valence-corrected chi connectivity index (χ2v) is 5.05. The van der Waals surface area contributed by atoms with Gasteiger partial charge in [-0.3, -0.25) is 0 Å². The molecule has 0 aromatic heterocycles. The summed E-state index contributed by atoms with van der Waals surface area (Å²) in [6, 6.07) is 4.53. The standard InChI is InChI=1S/C13H20FNO/c1-9-5-6-11(14)10(7-9)12(15)8-16-13(2,3)4/h5-7,12H,8,15H2,1-4H3. The highest BCUT2D eigenvalue weighted by molar-refractivity contribution is 5.26. The molecule has 3 heteroatoms. The summed E-state index contributed by atoms with van der Waals surface area (Å²) >= 11 is 0. The summed E-state index contributed by atoms with van der Waals surface area (Å²) in [5.41, 5.74) is 7.18. The molecule has 1 aromatic carbocycles. The maximum atomic E-state index is 13.5. The molecule has 0 saturated carbocycles. The van der Waals surface area contributed by atoms with E-state index >= 15 is 0 Å². The van der Waals surface area contributed by atoms with Crippen molar-refractivity contribution >= 4 is 0 Å². The molecule has 1 aromatic rings. The summed E-state index contributed by atoms with van der Waals surface area (Å²) < 4.78 is 19.1. The zero-order valence-corrected chi connectivity index (χ0v) is 10.4. The summed E-state index contributed by atoms with van der Waals surface area (Å²) in [4.78, 5) is 0. The minimum atomic E-state index is -0.417. The Bertz CT molecular complexity index is 357. The maximum absolute atomic E-state index is 13.5. The van der Waals surface area contributed by atoms with E-state index in [0.717, 1.165) is 5.56 Å². The molecule has 1 unspecified atom stereocenters. The van der Waals surface area contributed by atoms with Crippen LogP contribution in [0.5, 0.6) is 0 Å². The van der Waals surface area contributed by atoms with Crippen LogP contribution in [0.25, 0.3) is 0 Å². The maximum Gasteiger partial charge on any atom is 0.128 e. The van der Waals surface area contributed by atoms with Crippen LogP contribution in [0.3, 0.4) is 0 Å². The van der Waals surface area contributed by atoms with E-state index in [0.29, 0.717) is 12.2 Å². The number of benzene rings is 1. The molecule has 0 bridgehead atoms. The first-order valence-electron chi connectivity index (χ1n) is 5.45. The van der Waals surface area contributed by atoms with Crippen LogP contribution in [0.1, 0.15) is 37.9 Å². The van der Waals surface area contributed by atoms with Crippen molar-refractivity contribution < 1.29 is 9.13 Å². The number of hydrogen-bond acceptors (Lipinski definition) is 2. The molecule has 0 aliphatic carbocycles. The van der Waals surface area contributed by atoms with Gasteiger partial charge >= 0.3 is 0 Å². The summed E-state index contributed by atoms with van der Waals surface area (Å²) in [7, 11) is 0. The van der Waals surface area contributed by atoms with Crippen molar-refractivity contribution in [2.24, 2.45) is 5.73 Å². The normalized spacial score (nSPS) is 13.9. The Morgan fingerprint density at radius 1 is 1.38 bits per heavy atom. The second-order valence-electron chi connectivity index (χ2n) is 5.05. The van der Waals surface area contributed by atoms with Gasteiger partial charge in [0.25, 0.3) is 0 Å². The summed E-state index contributed by atoms with van der Waals surface area (Å²) in [6.07, 6.45) is 0. The van der Waals surface area contributed by atoms with E-state index in [4.69, 9.17) is 10.5 Å². The van der Waals surface area contributed by atoms with Crippen molar-refractivity contribution in [1.82, 2.24) is 0 Å². The van der Waals surface area contributed by atoms with E-state index in [-0.39, 0.29) is 11.4 Å². The van der Waals surface area contributed by atoms with Crippen LogP contribution in [-0.2, 0) is 4.74 Å². The van der Waals surface area contributed by atoms with E-state index in [1.165, 1.54) is 6.07 Å². The van der Waals surface area contributed by atoms with Crippen molar-refractivity contribution in [3.05, 3.63) is 35.1 Å². The molecule has 0 heterocycles. The van der Waals surface area contributed by atoms with Gasteiger partial charge in [0, 0.05) is 5.56 Å². The van der Waals surface area contributed by atoms with E-state index in [1.807, 2.05) is 27.7 Å². The predicted molar refractivity (Wildman–Crippen MR) is 63.8 cm³/mol. The third-order valence-corrected chi connectivity index (χ3v) is 2.25. The Kier molecular flexibility index (Phi) is 4.05. The van der Waals surface area contributed by atoms with Crippen LogP contribution in [0.2, 0.25) is 0 Å². The first-order chi connectivity index (χ1) is 7.29. The lowest BCUT2D eigenvalue weighted by molar-refractivity contribution is -0.0105. The number of hydrogen-bond donors (Lipinski definition) is 1. The lowest BCUT2D eigenvalue weighted by atomic mass is 10.0. The van der Waals surface area contributed by atoms with E-state index < -0.39 is 6.04 Å². The zero-order chi connectivity index (χ0) is 12.3. The number of aryl methyl sites for hydroxylation is 1. The lowest BCUT2D eigenvalue weighted by Gasteiger charge is -2.23. The van der Waals surface area contributed by atoms with E-state index in [1.54, 1.807) is 12.1 Å². The Hall–Kier alpha value is -0.930. The quantitative estimate of drug-likeness (QED) is 0.858. The fourth-order valence-corrected chi connectivity index (χ4v) is 1.38. The monoisotopic (exact) mass is 225 g/mol. The van der Waals surface area contributed by atoms with Gasteiger partial charge in [0.2, 0.25) is 0 Å². The third kappa shape index (κ3) is 3.91. The number of rotatable bonds is 3. The van der Waals surface area contributed by atoms with Gasteiger partial charge in [-0.1, -0.05) is 17.7 Å². The SMILES string of the molecule is Cc1ccc(F)c(C(N)COC(C)(C)C)c1. The fourth-order valence-electron chi connectivity index (χ4n) is 1.38. The zero-order valence-electron chi connectivity index (χ0n) is 10.4. The minimum Gasteiger partial charge on any atom is -0.374 e. The summed E-state index contributed by atoms with van der Waals surface area (Å²) in [5.74, 6) is -0.268. The van der Waals surface area contributed by atoms with Gasteiger partial charge in [0.05, 0.1) is 18.2 Å². The fraction of sp³-hybridized carbons (Fsp3) is 0.538. The van der Waals surface area contributed by atoms with Crippen molar-refractivity contribution in [2.45, 2.75) is 39.3 Å². The number of nitrogens with two attached hydrogens (primary N) is 1. The molecule has 0 aliphatic heterocycles. The number of ether oxygens (including phenoxy) is 1. The van der Waals surface area contributed by atoms with Crippen molar-refractivity contribution in [2.75, 3.05) is 6.61 Å². The van der Waals surface area contributed by atoms with Crippen LogP contribution in [-0.4, -0.2) is 12.2 Å². The minimum absolute atomic E-state index is 0.252. The first kappa shape index (κ1) is 13.1. The predicted octanol–water partition coefficient (Wildman–Crippen LogP) is 2.95. The van der Waals surface area contributed by atoms with Crippen LogP contribution < -0.4 is 5.73 Å². The molecule has 0 spiro atoms. The van der Waals surface area contributed by atoms with Crippen LogP contribution in [0.4, 0.5) is 4.39 Å². The molecular weight excluding hydrogens is 205 g/mol. The van der Waals surface area contributed by atoms with Crippen molar-refractivity contribution in [1.29, 1.82) is 0 Å². The first-order valence-corrected chi connectivity index (χ1v) is 5.45. The summed E-state index contributed by atoms with van der Waals surface area (Å²) in [5, 5.41) is 0. The molecule has 0 aliphatic rings. The molecular formula is C13H20FNO. The topological polar surface area (TPSA) is 35.2 Å². The molecule has 1 rings (SSSR count). The highest BCUT2D eigenvalue weighted by Gasteiger charge is 2.16. The van der Waals surface area contributed by atoms with Crippen molar-refractivity contribution in [3.8, 4) is 0 Å². The van der Waals surface area contributed by atoms with Gasteiger partial charge in [-0.25, -0.2) is 4.39 Å². The van der Waals surface area contributed by atoms with Gasteiger partial charge < -0.3 is 10.5 Å². The molecule has 0 fully saturated rings. The molecule has 0 saturated heterocycles. The van der Waals surface area contributed by atoms with Gasteiger partial charge in [-0.05, 0) is 33.8 Å². The van der Waals surface area contributed by atoms with Crippen LogP contribution >= 0.6 is 0 Å². The Morgan fingerprint density at radius 2 is 2.00 bits per heavy atom. The molecule has 0 radical (unpaired) electrons. The third-order valence-electron chi connectivity index (χ3n) is 2.25. The highest BCUT2D eigenvalue weighted by atomic mass is 19.1. The molecule has 0 amide bonds. The Balaban J connectivity index is 2.73. The Labute approximate surface area is 96.6 Å². The van der Waals surface area contributed by atoms with Gasteiger partial charge in [-0.15, -0.1) is 0 Å². The Morgan fingerprint density at radius 3 is 2.56 bits per heavy atom. The van der Waals surface area contributed by atoms with E-state index in [9.17, 15) is 4.39 Å². The molecule has 16 heavy (non-hydrogen) atoms. The molecule has 2 nitrogen and oxygen atoms in total. The van der Waals surface area contributed by atoms with Crippen molar-refractivity contribution in [3.63, 3.8) is 0 Å². The largest absolute Gasteiger partial charge is 0.374 e. The smallest absolute Gasteiger partial charge is 0.128 e. The van der Waals surface area contributed by atoms with Crippen LogP contribution in [0, 0.1) is 12.7 Å². The van der Waals surface area contributed by atoms with Gasteiger partial charge in [0.15, 0.2) is 0 Å². The van der Waals surface area contributed by atoms with Crippen LogP contribution in [0.15, 0.2) is 18.2 Å². The average Bonchev–Trinajstić information content (AvgIpc) is 2.17. The average molecular weight is 225 g/mol. The molecule has 90 valence electrons. The lowest BCUT2D eigenvalue weighted by Crippen LogP contribution is -2.26.